The maximum atomic E-state index is 13.6. The first-order chi connectivity index (χ1) is 16.9. The molecule has 7 nitrogen and oxygen atoms in total. The second-order valence-electron chi connectivity index (χ2n) is 9.41. The molecule has 2 unspecified atom stereocenters. The molecule has 0 aliphatic rings. The predicted octanol–water partition coefficient (Wildman–Crippen LogP) is 4.44. The maximum absolute atomic E-state index is 13.6. The number of sulfonamides is 1. The van der Waals surface area contributed by atoms with Crippen molar-refractivity contribution in [2.45, 2.75) is 72.0 Å². The van der Waals surface area contributed by atoms with Crippen LogP contribution >= 0.6 is 0 Å². The Morgan fingerprint density at radius 1 is 0.944 bits per heavy atom. The molecule has 9 heteroatoms. The van der Waals surface area contributed by atoms with Crippen LogP contribution in [-0.4, -0.2) is 50.0 Å². The molecule has 2 atom stereocenters. The van der Waals surface area contributed by atoms with Gasteiger partial charge in [-0.3, -0.25) is 13.9 Å². The van der Waals surface area contributed by atoms with Gasteiger partial charge in [-0.15, -0.1) is 0 Å². The minimum absolute atomic E-state index is 0.0371. The number of anilines is 1. The number of hydrogen-bond donors (Lipinski definition) is 1. The molecule has 2 aromatic carbocycles. The van der Waals surface area contributed by atoms with Gasteiger partial charge in [0.05, 0.1) is 11.9 Å². The summed E-state index contributed by atoms with van der Waals surface area (Å²) in [5.74, 6) is -0.975. The van der Waals surface area contributed by atoms with Crippen LogP contribution in [0, 0.1) is 5.82 Å². The number of carbonyl (C=O) groups is 2. The van der Waals surface area contributed by atoms with Gasteiger partial charge in [-0.2, -0.15) is 0 Å². The summed E-state index contributed by atoms with van der Waals surface area (Å²) < 4.78 is 39.9. The summed E-state index contributed by atoms with van der Waals surface area (Å²) >= 11 is 0. The monoisotopic (exact) mass is 519 g/mol. The molecule has 2 amide bonds. The van der Waals surface area contributed by atoms with Crippen LogP contribution in [0.3, 0.4) is 0 Å². The second-order valence-corrected chi connectivity index (χ2v) is 11.3. The molecule has 0 radical (unpaired) electrons. The second kappa shape index (κ2) is 12.9. The molecular formula is C27H38FN3O4S. The highest BCUT2D eigenvalue weighted by Gasteiger charge is 2.32. The molecule has 0 fully saturated rings. The van der Waals surface area contributed by atoms with Crippen LogP contribution in [0.25, 0.3) is 0 Å². The van der Waals surface area contributed by atoms with Gasteiger partial charge in [-0.25, -0.2) is 12.8 Å². The Balaban J connectivity index is 2.42. The van der Waals surface area contributed by atoms with E-state index in [1.165, 1.54) is 17.0 Å². The number of nitrogens with zero attached hydrogens (tertiary/aromatic N) is 2. The van der Waals surface area contributed by atoms with Crippen molar-refractivity contribution >= 4 is 27.5 Å². The van der Waals surface area contributed by atoms with Gasteiger partial charge in [0.2, 0.25) is 21.8 Å². The van der Waals surface area contributed by atoms with Crippen LogP contribution in [0.15, 0.2) is 48.5 Å². The van der Waals surface area contributed by atoms with E-state index in [9.17, 15) is 22.4 Å². The Labute approximate surface area is 214 Å². The van der Waals surface area contributed by atoms with Gasteiger partial charge in [-0.05, 0) is 61.1 Å². The summed E-state index contributed by atoms with van der Waals surface area (Å²) in [5, 5.41) is 2.92. The number of carbonyl (C=O) groups excluding carboxylic acids is 2. The molecule has 2 aromatic rings. The lowest BCUT2D eigenvalue weighted by Crippen LogP contribution is -2.53. The number of amides is 2. The first-order valence-electron chi connectivity index (χ1n) is 12.3. The van der Waals surface area contributed by atoms with Crippen molar-refractivity contribution in [3.8, 4) is 0 Å². The molecule has 0 saturated carbocycles. The molecule has 0 heterocycles. The highest BCUT2D eigenvalue weighted by Crippen LogP contribution is 2.23. The first kappa shape index (κ1) is 29.3. The standard InChI is InChI=1S/C27H38FN3O4S/c1-7-20(5)29-27(33)25(8-2)30(17-21-9-13-23(28)14-10-21)26(32)18-31(36(6,34)35)24-15-11-22(12-16-24)19(3)4/h9-16,19-20,25H,7-8,17-18H2,1-6H3,(H,29,33). The Bertz CT molecular complexity index is 1120. The minimum atomic E-state index is -3.80. The zero-order chi connectivity index (χ0) is 27.0. The molecule has 198 valence electrons. The SMILES string of the molecule is CCC(C)NC(=O)C(CC)N(Cc1ccc(F)cc1)C(=O)CN(c1ccc(C(C)C)cc1)S(C)(=O)=O. The van der Waals surface area contributed by atoms with Crippen LogP contribution in [0.5, 0.6) is 0 Å². The van der Waals surface area contributed by atoms with E-state index in [4.69, 9.17) is 0 Å². The predicted molar refractivity (Wildman–Crippen MR) is 142 cm³/mol. The summed E-state index contributed by atoms with van der Waals surface area (Å²) in [5.41, 5.74) is 2.05. The minimum Gasteiger partial charge on any atom is -0.352 e. The average molecular weight is 520 g/mol. The summed E-state index contributed by atoms with van der Waals surface area (Å²) in [4.78, 5) is 28.1. The number of nitrogens with one attached hydrogen (secondary N) is 1. The lowest BCUT2D eigenvalue weighted by molar-refractivity contribution is -0.140. The summed E-state index contributed by atoms with van der Waals surface area (Å²) in [6.45, 7) is 9.27. The van der Waals surface area contributed by atoms with Crippen molar-refractivity contribution in [3.05, 3.63) is 65.5 Å². The number of halogens is 1. The Morgan fingerprint density at radius 3 is 2.00 bits per heavy atom. The maximum Gasteiger partial charge on any atom is 0.244 e. The van der Waals surface area contributed by atoms with Crippen molar-refractivity contribution in [1.82, 2.24) is 10.2 Å². The Hall–Kier alpha value is -2.94. The Kier molecular flexibility index (Phi) is 10.5. The Morgan fingerprint density at radius 2 is 1.53 bits per heavy atom. The van der Waals surface area contributed by atoms with Crippen LogP contribution in [-0.2, 0) is 26.2 Å². The largest absolute Gasteiger partial charge is 0.352 e. The van der Waals surface area contributed by atoms with E-state index in [2.05, 4.69) is 5.32 Å². The smallest absolute Gasteiger partial charge is 0.244 e. The van der Waals surface area contributed by atoms with E-state index in [0.29, 0.717) is 17.7 Å². The highest BCUT2D eigenvalue weighted by atomic mass is 32.2. The molecule has 0 bridgehead atoms. The fraction of sp³-hybridized carbons (Fsp3) is 0.481. The topological polar surface area (TPSA) is 86.8 Å². The summed E-state index contributed by atoms with van der Waals surface area (Å²) in [6, 6.07) is 11.8. The molecule has 0 aromatic heterocycles. The van der Waals surface area contributed by atoms with Crippen molar-refractivity contribution in [2.24, 2.45) is 0 Å². The van der Waals surface area contributed by atoms with Crippen molar-refractivity contribution in [1.29, 1.82) is 0 Å². The summed E-state index contributed by atoms with van der Waals surface area (Å²) in [7, 11) is -3.80. The quantitative estimate of drug-likeness (QED) is 0.449. The van der Waals surface area contributed by atoms with Crippen LogP contribution in [0.1, 0.15) is 64.5 Å². The van der Waals surface area contributed by atoms with Crippen molar-refractivity contribution < 1.29 is 22.4 Å². The van der Waals surface area contributed by atoms with E-state index < -0.39 is 34.3 Å². The lowest BCUT2D eigenvalue weighted by atomic mass is 10.0. The molecule has 36 heavy (non-hydrogen) atoms. The molecule has 2 rings (SSSR count). The molecule has 0 saturated heterocycles. The van der Waals surface area contributed by atoms with Gasteiger partial charge >= 0.3 is 0 Å². The zero-order valence-corrected chi connectivity index (χ0v) is 22.8. The number of benzene rings is 2. The number of rotatable bonds is 12. The summed E-state index contributed by atoms with van der Waals surface area (Å²) in [6.07, 6.45) is 2.10. The third-order valence-electron chi connectivity index (χ3n) is 6.18. The van der Waals surface area contributed by atoms with Crippen LogP contribution in [0.2, 0.25) is 0 Å². The van der Waals surface area contributed by atoms with Crippen LogP contribution < -0.4 is 9.62 Å². The van der Waals surface area contributed by atoms with Gasteiger partial charge in [0.25, 0.3) is 0 Å². The van der Waals surface area contributed by atoms with Crippen LogP contribution in [0.4, 0.5) is 10.1 Å². The van der Waals surface area contributed by atoms with Gasteiger partial charge in [0.15, 0.2) is 0 Å². The van der Waals surface area contributed by atoms with Gasteiger partial charge < -0.3 is 10.2 Å². The molecule has 0 spiro atoms. The van der Waals surface area contributed by atoms with E-state index in [0.717, 1.165) is 22.5 Å². The molecule has 0 aliphatic carbocycles. The molecular weight excluding hydrogens is 481 g/mol. The number of hydrogen-bond acceptors (Lipinski definition) is 4. The van der Waals surface area contributed by atoms with Crippen molar-refractivity contribution in [2.75, 3.05) is 17.1 Å². The third-order valence-corrected chi connectivity index (χ3v) is 7.32. The van der Waals surface area contributed by atoms with E-state index >= 15 is 0 Å². The van der Waals surface area contributed by atoms with E-state index in [1.807, 2.05) is 39.8 Å². The third kappa shape index (κ3) is 8.05. The molecule has 0 aliphatic heterocycles. The molecule has 1 N–H and O–H groups in total. The first-order valence-corrected chi connectivity index (χ1v) is 14.1. The lowest BCUT2D eigenvalue weighted by Gasteiger charge is -2.33. The normalized spacial score (nSPS) is 13.2. The highest BCUT2D eigenvalue weighted by molar-refractivity contribution is 7.92. The van der Waals surface area contributed by atoms with Gasteiger partial charge in [-0.1, -0.05) is 52.0 Å². The zero-order valence-electron chi connectivity index (χ0n) is 22.0. The van der Waals surface area contributed by atoms with E-state index in [-0.39, 0.29) is 24.4 Å². The fourth-order valence-electron chi connectivity index (χ4n) is 3.79. The van der Waals surface area contributed by atoms with Gasteiger partial charge in [0, 0.05) is 12.6 Å². The van der Waals surface area contributed by atoms with Gasteiger partial charge in [0.1, 0.15) is 18.4 Å². The van der Waals surface area contributed by atoms with Crippen molar-refractivity contribution in [3.63, 3.8) is 0 Å². The average Bonchev–Trinajstić information content (AvgIpc) is 2.82. The fourth-order valence-corrected chi connectivity index (χ4v) is 4.64. The van der Waals surface area contributed by atoms with E-state index in [1.54, 1.807) is 31.2 Å².